The Hall–Kier alpha value is -3.15. The Morgan fingerprint density at radius 1 is 1.44 bits per heavy atom. The van der Waals surface area contributed by atoms with Gasteiger partial charge in [0.15, 0.2) is 0 Å². The number of carbonyl (C=O) groups is 1. The molecule has 0 saturated carbocycles. The molecule has 1 unspecified atom stereocenters. The monoisotopic (exact) mass is 335 g/mol. The van der Waals surface area contributed by atoms with E-state index in [1.165, 1.54) is 7.11 Å². The quantitative estimate of drug-likeness (QED) is 0.315. The lowest BCUT2D eigenvalue weighted by Gasteiger charge is -2.25. The van der Waals surface area contributed by atoms with E-state index in [0.717, 1.165) is 46.2 Å². The molecular weight excluding hydrogens is 318 g/mol. The number of aromatic nitrogens is 2. The van der Waals surface area contributed by atoms with Gasteiger partial charge in [-0.25, -0.2) is 4.79 Å². The van der Waals surface area contributed by atoms with Gasteiger partial charge in [0.2, 0.25) is 0 Å². The summed E-state index contributed by atoms with van der Waals surface area (Å²) < 4.78 is 6.79. The number of nitrogens with zero attached hydrogens (tertiary/aromatic N) is 3. The van der Waals surface area contributed by atoms with Crippen molar-refractivity contribution in [2.75, 3.05) is 7.11 Å². The van der Waals surface area contributed by atoms with E-state index in [4.69, 9.17) is 4.84 Å². The minimum atomic E-state index is -0.829. The van der Waals surface area contributed by atoms with Crippen molar-refractivity contribution < 1.29 is 14.4 Å². The van der Waals surface area contributed by atoms with Gasteiger partial charge in [-0.3, -0.25) is 9.82 Å². The highest BCUT2D eigenvalue weighted by molar-refractivity contribution is 6.18. The second kappa shape index (κ2) is 6.05. The first-order valence-electron chi connectivity index (χ1n) is 8.04. The van der Waals surface area contributed by atoms with Crippen molar-refractivity contribution >= 4 is 33.8 Å². The Morgan fingerprint density at radius 2 is 2.32 bits per heavy atom. The van der Waals surface area contributed by atoms with Crippen LogP contribution in [-0.4, -0.2) is 28.5 Å². The molecule has 1 aliphatic rings. The van der Waals surface area contributed by atoms with Gasteiger partial charge >= 0.3 is 6.16 Å². The third kappa shape index (κ3) is 2.38. The number of benzene rings is 1. The maximum absolute atomic E-state index is 11.4. The van der Waals surface area contributed by atoms with Crippen LogP contribution in [0.2, 0.25) is 0 Å². The van der Waals surface area contributed by atoms with Crippen LogP contribution in [-0.2, 0) is 16.1 Å². The van der Waals surface area contributed by atoms with E-state index in [2.05, 4.69) is 38.2 Å². The Bertz CT molecular complexity index is 1020. The molecule has 6 nitrogen and oxygen atoms in total. The fourth-order valence-corrected chi connectivity index (χ4v) is 3.53. The molecule has 0 bridgehead atoms. The van der Waals surface area contributed by atoms with Crippen molar-refractivity contribution in [1.82, 2.24) is 9.55 Å². The summed E-state index contributed by atoms with van der Waals surface area (Å²) in [7, 11) is 1.26. The van der Waals surface area contributed by atoms with E-state index in [-0.39, 0.29) is 5.92 Å². The predicted octanol–water partition coefficient (Wildman–Crippen LogP) is 3.88. The van der Waals surface area contributed by atoms with Crippen molar-refractivity contribution in [3.8, 4) is 0 Å². The molecule has 25 heavy (non-hydrogen) atoms. The molecule has 3 heterocycles. The van der Waals surface area contributed by atoms with Gasteiger partial charge in [-0.1, -0.05) is 29.4 Å². The standard InChI is InChI=1S/C19H17N3O3/c1-3-6-12-11-22-15-9-5-10-20-17(15)14-8-4-7-13(18(14)22)16(12)21-25-19(23)24-2/h3-5,7-10,12H,1,6,11H2,2H3/b21-16+. The maximum Gasteiger partial charge on any atom is 0.534 e. The summed E-state index contributed by atoms with van der Waals surface area (Å²) in [4.78, 5) is 20.8. The van der Waals surface area contributed by atoms with Crippen molar-refractivity contribution in [2.24, 2.45) is 11.1 Å². The number of allylic oxidation sites excluding steroid dienone is 1. The maximum atomic E-state index is 11.4. The van der Waals surface area contributed by atoms with Crippen molar-refractivity contribution in [2.45, 2.75) is 13.0 Å². The number of para-hydroxylation sites is 1. The molecule has 6 heteroatoms. The topological polar surface area (TPSA) is 65.7 Å². The molecule has 0 radical (unpaired) electrons. The molecule has 126 valence electrons. The highest BCUT2D eigenvalue weighted by Crippen LogP contribution is 2.36. The second-order valence-electron chi connectivity index (χ2n) is 5.93. The van der Waals surface area contributed by atoms with Gasteiger partial charge in [-0.2, -0.15) is 0 Å². The molecule has 0 fully saturated rings. The average molecular weight is 335 g/mol. The fourth-order valence-electron chi connectivity index (χ4n) is 3.53. The zero-order chi connectivity index (χ0) is 17.4. The number of ether oxygens (including phenoxy) is 1. The van der Waals surface area contributed by atoms with Gasteiger partial charge in [0, 0.05) is 29.6 Å². The number of fused-ring (bicyclic) bond motifs is 3. The Kier molecular flexibility index (Phi) is 3.72. The van der Waals surface area contributed by atoms with Gasteiger partial charge in [-0.15, -0.1) is 6.58 Å². The van der Waals surface area contributed by atoms with Gasteiger partial charge < -0.3 is 9.30 Å². The number of pyridine rings is 1. The smallest absolute Gasteiger partial charge is 0.436 e. The van der Waals surface area contributed by atoms with E-state index >= 15 is 0 Å². The Balaban J connectivity index is 1.97. The van der Waals surface area contributed by atoms with Gasteiger partial charge in [0.25, 0.3) is 0 Å². The van der Waals surface area contributed by atoms with Crippen LogP contribution in [0.3, 0.4) is 0 Å². The summed E-state index contributed by atoms with van der Waals surface area (Å²) in [6.07, 6.45) is 3.55. The zero-order valence-corrected chi connectivity index (χ0v) is 13.8. The molecule has 1 aliphatic heterocycles. The van der Waals surface area contributed by atoms with Crippen molar-refractivity contribution in [3.05, 3.63) is 54.7 Å². The first-order valence-corrected chi connectivity index (χ1v) is 8.04. The third-order valence-electron chi connectivity index (χ3n) is 4.54. The predicted molar refractivity (Wildman–Crippen MR) is 95.6 cm³/mol. The van der Waals surface area contributed by atoms with Gasteiger partial charge in [-0.05, 0) is 18.6 Å². The summed E-state index contributed by atoms with van der Waals surface area (Å²) in [5.41, 5.74) is 4.78. The Labute approximate surface area is 144 Å². The first kappa shape index (κ1) is 15.4. The van der Waals surface area contributed by atoms with E-state index in [0.29, 0.717) is 0 Å². The average Bonchev–Trinajstić information content (AvgIpc) is 2.97. The number of oxime groups is 1. The molecule has 3 aromatic rings. The van der Waals surface area contributed by atoms with Crippen LogP contribution in [0.5, 0.6) is 0 Å². The zero-order valence-electron chi connectivity index (χ0n) is 13.8. The molecular formula is C19H17N3O3. The minimum Gasteiger partial charge on any atom is -0.436 e. The van der Waals surface area contributed by atoms with E-state index in [1.54, 1.807) is 6.20 Å². The normalized spacial score (nSPS) is 17.8. The van der Waals surface area contributed by atoms with Crippen LogP contribution >= 0.6 is 0 Å². The highest BCUT2D eigenvalue weighted by atomic mass is 16.8. The third-order valence-corrected chi connectivity index (χ3v) is 4.54. The molecule has 1 atom stereocenters. The summed E-state index contributed by atoms with van der Waals surface area (Å²) in [5.74, 6) is 0.0519. The van der Waals surface area contributed by atoms with Crippen LogP contribution in [0.15, 0.2) is 54.3 Å². The number of carbonyl (C=O) groups excluding carboxylic acids is 1. The molecule has 0 amide bonds. The second-order valence-corrected chi connectivity index (χ2v) is 5.93. The molecule has 0 spiro atoms. The summed E-state index contributed by atoms with van der Waals surface area (Å²) >= 11 is 0. The van der Waals surface area contributed by atoms with Crippen LogP contribution in [0.1, 0.15) is 12.0 Å². The number of hydrogen-bond acceptors (Lipinski definition) is 5. The summed E-state index contributed by atoms with van der Waals surface area (Å²) in [6.45, 7) is 4.57. The van der Waals surface area contributed by atoms with Gasteiger partial charge in [0.05, 0.1) is 29.4 Å². The number of rotatable bonds is 3. The van der Waals surface area contributed by atoms with Gasteiger partial charge in [0.1, 0.15) is 0 Å². The summed E-state index contributed by atoms with van der Waals surface area (Å²) in [5, 5.41) is 5.17. The van der Waals surface area contributed by atoms with E-state index in [1.807, 2.05) is 24.3 Å². The fraction of sp³-hybridized carbons (Fsp3) is 0.211. The molecule has 2 aromatic heterocycles. The Morgan fingerprint density at radius 3 is 3.12 bits per heavy atom. The SMILES string of the molecule is C=CCC1Cn2c3cccnc3c3cccc(c32)/C1=N/OC(=O)OC. The lowest BCUT2D eigenvalue weighted by molar-refractivity contribution is 0.0748. The van der Waals surface area contributed by atoms with Crippen LogP contribution in [0.25, 0.3) is 21.9 Å². The number of methoxy groups -OCH3 is 1. The van der Waals surface area contributed by atoms with Crippen molar-refractivity contribution in [1.29, 1.82) is 0 Å². The lowest BCUT2D eigenvalue weighted by atomic mass is 9.89. The highest BCUT2D eigenvalue weighted by Gasteiger charge is 2.29. The largest absolute Gasteiger partial charge is 0.534 e. The van der Waals surface area contributed by atoms with Crippen LogP contribution in [0.4, 0.5) is 4.79 Å². The lowest BCUT2D eigenvalue weighted by Crippen LogP contribution is -2.27. The van der Waals surface area contributed by atoms with E-state index in [9.17, 15) is 4.79 Å². The van der Waals surface area contributed by atoms with E-state index < -0.39 is 6.16 Å². The molecule has 0 aliphatic carbocycles. The molecule has 0 N–H and O–H groups in total. The first-order chi connectivity index (χ1) is 12.2. The van der Waals surface area contributed by atoms with Crippen LogP contribution < -0.4 is 0 Å². The summed E-state index contributed by atoms with van der Waals surface area (Å²) in [6, 6.07) is 10.0. The minimum absolute atomic E-state index is 0.0519. The van der Waals surface area contributed by atoms with Crippen molar-refractivity contribution in [3.63, 3.8) is 0 Å². The number of hydrogen-bond donors (Lipinski definition) is 0. The van der Waals surface area contributed by atoms with Crippen LogP contribution in [0, 0.1) is 5.92 Å². The molecule has 0 saturated heterocycles. The molecule has 4 rings (SSSR count). The molecule has 1 aromatic carbocycles.